The number of halogens is 1. The van der Waals surface area contributed by atoms with Crippen LogP contribution < -0.4 is 19.5 Å². The van der Waals surface area contributed by atoms with Crippen molar-refractivity contribution in [1.29, 1.82) is 0 Å². The van der Waals surface area contributed by atoms with E-state index in [1.54, 1.807) is 30.3 Å². The summed E-state index contributed by atoms with van der Waals surface area (Å²) < 4.78 is 16.6. The first-order valence-electron chi connectivity index (χ1n) is 7.12. The molecule has 24 heavy (non-hydrogen) atoms. The van der Waals surface area contributed by atoms with Crippen LogP contribution in [0.1, 0.15) is 5.56 Å². The van der Waals surface area contributed by atoms with Gasteiger partial charge in [-0.3, -0.25) is 4.79 Å². The van der Waals surface area contributed by atoms with Gasteiger partial charge in [0, 0.05) is 0 Å². The summed E-state index contributed by atoms with van der Waals surface area (Å²) in [5.41, 5.74) is 1.24. The van der Waals surface area contributed by atoms with E-state index < -0.39 is 0 Å². The van der Waals surface area contributed by atoms with Gasteiger partial charge < -0.3 is 24.6 Å². The highest BCUT2D eigenvalue weighted by Crippen LogP contribution is 2.36. The predicted octanol–water partition coefficient (Wildman–Crippen LogP) is 2.98. The van der Waals surface area contributed by atoms with Crippen molar-refractivity contribution in [1.82, 2.24) is 0 Å². The molecule has 0 saturated heterocycles. The Balaban J connectivity index is 2.06. The van der Waals surface area contributed by atoms with Gasteiger partial charge in [-0.05, 0) is 45.8 Å². The van der Waals surface area contributed by atoms with Crippen LogP contribution in [0.15, 0.2) is 40.9 Å². The van der Waals surface area contributed by atoms with Crippen molar-refractivity contribution in [2.75, 3.05) is 26.1 Å². The smallest absolute Gasteiger partial charge is 0.262 e. The highest BCUT2D eigenvalue weighted by Gasteiger charge is 2.14. The molecule has 0 heterocycles. The Hall–Kier alpha value is -2.25. The Kier molecular flexibility index (Phi) is 6.45. The van der Waals surface area contributed by atoms with Crippen LogP contribution in [0.5, 0.6) is 17.2 Å². The first-order valence-corrected chi connectivity index (χ1v) is 7.91. The Morgan fingerprint density at radius 1 is 1.17 bits per heavy atom. The molecule has 0 aliphatic heterocycles. The van der Waals surface area contributed by atoms with Crippen LogP contribution in [0, 0.1) is 0 Å². The van der Waals surface area contributed by atoms with E-state index in [4.69, 9.17) is 14.2 Å². The summed E-state index contributed by atoms with van der Waals surface area (Å²) in [7, 11) is 3.02. The lowest BCUT2D eigenvalue weighted by molar-refractivity contribution is -0.118. The number of ether oxygens (including phenoxy) is 3. The lowest BCUT2D eigenvalue weighted by Crippen LogP contribution is -2.20. The summed E-state index contributed by atoms with van der Waals surface area (Å²) in [5, 5.41) is 11.9. The average molecular weight is 396 g/mol. The zero-order chi connectivity index (χ0) is 17.5. The number of hydrogen-bond acceptors (Lipinski definition) is 5. The van der Waals surface area contributed by atoms with Gasteiger partial charge in [0.1, 0.15) is 5.75 Å². The van der Waals surface area contributed by atoms with Gasteiger partial charge in [0.2, 0.25) is 0 Å². The van der Waals surface area contributed by atoms with Gasteiger partial charge in [-0.2, -0.15) is 0 Å². The molecule has 7 heteroatoms. The molecular weight excluding hydrogens is 378 g/mol. The highest BCUT2D eigenvalue weighted by molar-refractivity contribution is 9.10. The van der Waals surface area contributed by atoms with Gasteiger partial charge in [0.15, 0.2) is 18.1 Å². The number of aliphatic hydroxyl groups excluding tert-OH is 1. The second kappa shape index (κ2) is 8.56. The van der Waals surface area contributed by atoms with E-state index in [1.807, 2.05) is 6.07 Å². The zero-order valence-corrected chi connectivity index (χ0v) is 14.9. The van der Waals surface area contributed by atoms with Crippen molar-refractivity contribution in [3.63, 3.8) is 0 Å². The molecule has 2 rings (SSSR count). The average Bonchev–Trinajstić information content (AvgIpc) is 2.60. The van der Waals surface area contributed by atoms with Crippen molar-refractivity contribution in [3.8, 4) is 17.2 Å². The first kappa shape index (κ1) is 18.1. The van der Waals surface area contributed by atoms with Gasteiger partial charge in [-0.1, -0.05) is 12.1 Å². The Bertz CT molecular complexity index is 720. The summed E-state index contributed by atoms with van der Waals surface area (Å²) in [6.45, 7) is -0.324. The fourth-order valence-corrected chi connectivity index (χ4v) is 2.68. The number of carbonyl (C=O) groups is 1. The Labute approximate surface area is 148 Å². The molecule has 0 unspecified atom stereocenters. The zero-order valence-electron chi connectivity index (χ0n) is 13.3. The fraction of sp³-hybridized carbons (Fsp3) is 0.235. The van der Waals surface area contributed by atoms with Crippen LogP contribution in [0.2, 0.25) is 0 Å². The number of carbonyl (C=O) groups excluding carboxylic acids is 1. The van der Waals surface area contributed by atoms with E-state index >= 15 is 0 Å². The minimum Gasteiger partial charge on any atom is -0.495 e. The molecule has 2 aromatic rings. The van der Waals surface area contributed by atoms with E-state index in [0.29, 0.717) is 33.0 Å². The number of para-hydroxylation sites is 2. The Morgan fingerprint density at radius 2 is 1.88 bits per heavy atom. The maximum Gasteiger partial charge on any atom is 0.262 e. The Morgan fingerprint density at radius 3 is 2.54 bits per heavy atom. The molecule has 6 nitrogen and oxygen atoms in total. The maximum atomic E-state index is 12.1. The second-order valence-electron chi connectivity index (χ2n) is 4.80. The number of aliphatic hydroxyl groups is 1. The van der Waals surface area contributed by atoms with E-state index in [2.05, 4.69) is 21.2 Å². The normalized spacial score (nSPS) is 10.2. The molecule has 0 bridgehead atoms. The standard InChI is InChI=1S/C17H18BrNO5/c1-22-14-6-4-3-5-13(14)19-16(21)10-24-17-12(18)7-11(9-20)8-15(17)23-2/h3-8,20H,9-10H2,1-2H3,(H,19,21). The monoisotopic (exact) mass is 395 g/mol. The van der Waals surface area contributed by atoms with Gasteiger partial charge in [0.05, 0.1) is 31.0 Å². The second-order valence-corrected chi connectivity index (χ2v) is 5.66. The molecule has 1 amide bonds. The SMILES string of the molecule is COc1ccccc1NC(=O)COc1c(Br)cc(CO)cc1OC. The summed E-state index contributed by atoms with van der Waals surface area (Å²) in [4.78, 5) is 12.1. The minimum atomic E-state index is -0.334. The van der Waals surface area contributed by atoms with Crippen molar-refractivity contribution in [2.45, 2.75) is 6.61 Å². The van der Waals surface area contributed by atoms with E-state index in [0.717, 1.165) is 0 Å². The van der Waals surface area contributed by atoms with Crippen LogP contribution in [0.4, 0.5) is 5.69 Å². The molecule has 0 aromatic heterocycles. The van der Waals surface area contributed by atoms with E-state index in [9.17, 15) is 9.90 Å². The number of hydrogen-bond donors (Lipinski definition) is 2. The van der Waals surface area contributed by atoms with Crippen LogP contribution in [-0.2, 0) is 11.4 Å². The number of benzene rings is 2. The van der Waals surface area contributed by atoms with Crippen LogP contribution >= 0.6 is 15.9 Å². The summed E-state index contributed by atoms with van der Waals surface area (Å²) in [5.74, 6) is 1.06. The first-order chi connectivity index (χ1) is 11.6. The van der Waals surface area contributed by atoms with Crippen molar-refractivity contribution in [3.05, 3.63) is 46.4 Å². The lowest BCUT2D eigenvalue weighted by atomic mass is 10.2. The van der Waals surface area contributed by atoms with E-state index in [-0.39, 0.29) is 19.1 Å². The predicted molar refractivity (Wildman–Crippen MR) is 93.7 cm³/mol. The minimum absolute atomic E-state index is 0.122. The van der Waals surface area contributed by atoms with Crippen LogP contribution in [0.25, 0.3) is 0 Å². The molecule has 0 spiro atoms. The summed E-state index contributed by atoms with van der Waals surface area (Å²) in [6.07, 6.45) is 0. The largest absolute Gasteiger partial charge is 0.495 e. The molecule has 2 aromatic carbocycles. The van der Waals surface area contributed by atoms with E-state index in [1.165, 1.54) is 14.2 Å². The van der Waals surface area contributed by atoms with Crippen LogP contribution in [0.3, 0.4) is 0 Å². The molecule has 0 aliphatic carbocycles. The van der Waals surface area contributed by atoms with Crippen molar-refractivity contribution < 1.29 is 24.1 Å². The summed E-state index contributed by atoms with van der Waals surface area (Å²) >= 11 is 3.35. The van der Waals surface area contributed by atoms with Gasteiger partial charge >= 0.3 is 0 Å². The third-order valence-corrected chi connectivity index (χ3v) is 3.79. The maximum absolute atomic E-state index is 12.1. The number of rotatable bonds is 7. The molecule has 0 radical (unpaired) electrons. The molecule has 0 aliphatic rings. The van der Waals surface area contributed by atoms with Crippen LogP contribution in [-0.4, -0.2) is 31.8 Å². The summed E-state index contributed by atoms with van der Waals surface area (Å²) in [6, 6.07) is 10.5. The molecular formula is C17H18BrNO5. The number of anilines is 1. The number of amides is 1. The third kappa shape index (κ3) is 4.39. The molecule has 2 N–H and O–H groups in total. The molecule has 128 valence electrons. The lowest BCUT2D eigenvalue weighted by Gasteiger charge is -2.14. The molecule has 0 atom stereocenters. The third-order valence-electron chi connectivity index (χ3n) is 3.20. The quantitative estimate of drug-likeness (QED) is 0.753. The van der Waals surface area contributed by atoms with Crippen molar-refractivity contribution in [2.24, 2.45) is 0 Å². The van der Waals surface area contributed by atoms with Crippen molar-refractivity contribution >= 4 is 27.5 Å². The van der Waals surface area contributed by atoms with Gasteiger partial charge in [-0.25, -0.2) is 0 Å². The fourth-order valence-electron chi connectivity index (χ4n) is 2.08. The highest BCUT2D eigenvalue weighted by atomic mass is 79.9. The molecule has 0 saturated carbocycles. The number of methoxy groups -OCH3 is 2. The topological polar surface area (TPSA) is 77.0 Å². The molecule has 0 fully saturated rings. The number of nitrogens with one attached hydrogen (secondary N) is 1. The van der Waals surface area contributed by atoms with Gasteiger partial charge in [0.25, 0.3) is 5.91 Å². The van der Waals surface area contributed by atoms with Gasteiger partial charge in [-0.15, -0.1) is 0 Å².